The molecule has 1 saturated heterocycles. The van der Waals surface area contributed by atoms with Crippen molar-refractivity contribution in [2.24, 2.45) is 0 Å². The van der Waals surface area contributed by atoms with Gasteiger partial charge < -0.3 is 4.74 Å². The summed E-state index contributed by atoms with van der Waals surface area (Å²) in [6.07, 6.45) is 11.1. The van der Waals surface area contributed by atoms with Crippen LogP contribution in [0.1, 0.15) is 44.9 Å². The molecule has 3 rings (SSSR count). The van der Waals surface area contributed by atoms with Crippen molar-refractivity contribution in [2.45, 2.75) is 68.1 Å². The second-order valence-corrected chi connectivity index (χ2v) is 8.42. The largest absolute Gasteiger partial charge is 0.370 e. The molecule has 7 heteroatoms. The number of hydrogen-bond acceptors (Lipinski definition) is 4. The average molecular weight is 319 g/mol. The minimum absolute atomic E-state index is 0.0459. The fraction of sp³-hybridized carbons (Fsp3) is 0.769. The molecule has 0 N–H and O–H groups in total. The summed E-state index contributed by atoms with van der Waals surface area (Å²) >= 11 is 0. The predicted octanol–water partition coefficient (Wildman–Crippen LogP) is 2.69. The van der Waals surface area contributed by atoms with E-state index in [0.717, 1.165) is 25.7 Å². The van der Waals surface area contributed by atoms with E-state index >= 15 is 0 Å². The van der Waals surface area contributed by atoms with Gasteiger partial charge >= 0.3 is 0 Å². The Labute approximate surface area is 123 Å². The number of rotatable bonds is 3. The highest BCUT2D eigenvalue weighted by atomic mass is 35.7. The van der Waals surface area contributed by atoms with Crippen molar-refractivity contribution in [3.63, 3.8) is 0 Å². The van der Waals surface area contributed by atoms with Crippen LogP contribution in [0.2, 0.25) is 0 Å². The van der Waals surface area contributed by atoms with Crippen molar-refractivity contribution in [3.05, 3.63) is 12.4 Å². The van der Waals surface area contributed by atoms with E-state index in [-0.39, 0.29) is 16.6 Å². The van der Waals surface area contributed by atoms with Crippen molar-refractivity contribution in [2.75, 3.05) is 0 Å². The first-order valence-corrected chi connectivity index (χ1v) is 9.43. The van der Waals surface area contributed by atoms with Crippen LogP contribution in [0.5, 0.6) is 0 Å². The summed E-state index contributed by atoms with van der Waals surface area (Å²) in [6, 6.07) is 0. The Morgan fingerprint density at radius 3 is 2.75 bits per heavy atom. The smallest absolute Gasteiger partial charge is 0.264 e. The van der Waals surface area contributed by atoms with Gasteiger partial charge in [0.05, 0.1) is 24.4 Å². The van der Waals surface area contributed by atoms with Gasteiger partial charge in [-0.05, 0) is 25.7 Å². The molecule has 2 fully saturated rings. The second kappa shape index (κ2) is 5.31. The molecular formula is C13H19ClN2O3S. The first-order valence-electron chi connectivity index (χ1n) is 7.12. The van der Waals surface area contributed by atoms with Crippen molar-refractivity contribution in [1.82, 2.24) is 9.78 Å². The van der Waals surface area contributed by atoms with Crippen LogP contribution in [0.15, 0.2) is 17.3 Å². The molecule has 20 heavy (non-hydrogen) atoms. The summed E-state index contributed by atoms with van der Waals surface area (Å²) in [6.45, 7) is 0.591. The Morgan fingerprint density at radius 1 is 1.35 bits per heavy atom. The summed E-state index contributed by atoms with van der Waals surface area (Å²) < 4.78 is 30.3. The van der Waals surface area contributed by atoms with E-state index in [0.29, 0.717) is 6.54 Å². The van der Waals surface area contributed by atoms with Gasteiger partial charge in [0.2, 0.25) is 0 Å². The summed E-state index contributed by atoms with van der Waals surface area (Å²) in [5, 5.41) is 4.05. The Bertz CT molecular complexity index is 578. The standard InChI is InChI=1S/C13H19ClN2O3S/c14-20(17,18)12-8-15-16(10-12)9-11-4-7-13(19-11)5-2-1-3-6-13/h8,10-11H,1-7,9H2. The highest BCUT2D eigenvalue weighted by Gasteiger charge is 2.40. The minimum Gasteiger partial charge on any atom is -0.370 e. The molecular weight excluding hydrogens is 300 g/mol. The van der Waals surface area contributed by atoms with E-state index < -0.39 is 9.05 Å². The van der Waals surface area contributed by atoms with Crippen molar-refractivity contribution in [3.8, 4) is 0 Å². The highest BCUT2D eigenvalue weighted by Crippen LogP contribution is 2.42. The van der Waals surface area contributed by atoms with E-state index in [1.165, 1.54) is 31.7 Å². The van der Waals surface area contributed by atoms with E-state index in [1.807, 2.05) is 0 Å². The summed E-state index contributed by atoms with van der Waals surface area (Å²) in [4.78, 5) is 0.0459. The minimum atomic E-state index is -3.69. The molecule has 1 aromatic rings. The molecule has 1 aliphatic heterocycles. The molecule has 1 unspecified atom stereocenters. The van der Waals surface area contributed by atoms with Gasteiger partial charge in [-0.1, -0.05) is 19.3 Å². The molecule has 2 aliphatic rings. The van der Waals surface area contributed by atoms with E-state index in [9.17, 15) is 8.42 Å². The first-order chi connectivity index (χ1) is 9.47. The highest BCUT2D eigenvalue weighted by molar-refractivity contribution is 8.13. The third-order valence-corrected chi connectivity index (χ3v) is 5.69. The Morgan fingerprint density at radius 2 is 2.10 bits per heavy atom. The van der Waals surface area contributed by atoms with Crippen LogP contribution in [-0.2, 0) is 20.3 Å². The van der Waals surface area contributed by atoms with Gasteiger partial charge in [-0.3, -0.25) is 4.68 Å². The van der Waals surface area contributed by atoms with E-state index in [2.05, 4.69) is 5.10 Å². The van der Waals surface area contributed by atoms with Crippen LogP contribution >= 0.6 is 10.7 Å². The fourth-order valence-corrected chi connectivity index (χ4v) is 4.03. The zero-order valence-electron chi connectivity index (χ0n) is 11.3. The molecule has 5 nitrogen and oxygen atoms in total. The van der Waals surface area contributed by atoms with Crippen LogP contribution in [0.3, 0.4) is 0 Å². The van der Waals surface area contributed by atoms with Gasteiger partial charge in [0.15, 0.2) is 0 Å². The molecule has 0 radical (unpaired) electrons. The zero-order chi connectivity index (χ0) is 14.2. The molecule has 0 bridgehead atoms. The Balaban J connectivity index is 1.63. The molecule has 0 aromatic carbocycles. The van der Waals surface area contributed by atoms with Crippen LogP contribution in [0, 0.1) is 0 Å². The van der Waals surface area contributed by atoms with Gasteiger partial charge in [0.1, 0.15) is 4.90 Å². The van der Waals surface area contributed by atoms with Crippen molar-refractivity contribution >= 4 is 19.7 Å². The quantitative estimate of drug-likeness (QED) is 0.804. The number of hydrogen-bond donors (Lipinski definition) is 0. The van der Waals surface area contributed by atoms with Crippen LogP contribution in [0.25, 0.3) is 0 Å². The number of nitrogens with zero attached hydrogens (tertiary/aromatic N) is 2. The lowest BCUT2D eigenvalue weighted by Gasteiger charge is -2.33. The lowest BCUT2D eigenvalue weighted by Crippen LogP contribution is -2.32. The topological polar surface area (TPSA) is 61.2 Å². The average Bonchev–Trinajstić information content (AvgIpc) is 2.99. The molecule has 1 saturated carbocycles. The monoisotopic (exact) mass is 318 g/mol. The van der Waals surface area contributed by atoms with Gasteiger partial charge in [0, 0.05) is 16.9 Å². The lowest BCUT2D eigenvalue weighted by atomic mass is 9.83. The summed E-state index contributed by atoms with van der Waals surface area (Å²) in [5.74, 6) is 0. The van der Waals surface area contributed by atoms with Gasteiger partial charge in [0.25, 0.3) is 9.05 Å². The fourth-order valence-electron chi connectivity index (χ4n) is 3.37. The first kappa shape index (κ1) is 14.4. The maximum atomic E-state index is 11.2. The molecule has 2 heterocycles. The van der Waals surface area contributed by atoms with E-state index in [1.54, 1.807) is 4.68 Å². The third-order valence-electron chi connectivity index (χ3n) is 4.39. The van der Waals surface area contributed by atoms with Crippen LogP contribution in [0.4, 0.5) is 0 Å². The number of halogens is 1. The Kier molecular flexibility index (Phi) is 3.81. The lowest BCUT2D eigenvalue weighted by molar-refractivity contribution is -0.0688. The zero-order valence-corrected chi connectivity index (χ0v) is 12.9. The van der Waals surface area contributed by atoms with Crippen molar-refractivity contribution < 1.29 is 13.2 Å². The molecule has 1 spiro atoms. The number of ether oxygens (including phenoxy) is 1. The molecule has 112 valence electrons. The predicted molar refractivity (Wildman–Crippen MR) is 75.2 cm³/mol. The van der Waals surface area contributed by atoms with Crippen LogP contribution < -0.4 is 0 Å². The van der Waals surface area contributed by atoms with Crippen molar-refractivity contribution in [1.29, 1.82) is 0 Å². The van der Waals surface area contributed by atoms with Gasteiger partial charge in [-0.15, -0.1) is 0 Å². The van der Waals surface area contributed by atoms with Gasteiger partial charge in [-0.25, -0.2) is 8.42 Å². The maximum absolute atomic E-state index is 11.2. The van der Waals surface area contributed by atoms with Gasteiger partial charge in [-0.2, -0.15) is 5.10 Å². The molecule has 1 aromatic heterocycles. The number of aromatic nitrogens is 2. The molecule has 1 aliphatic carbocycles. The Hall–Kier alpha value is -0.590. The maximum Gasteiger partial charge on any atom is 0.264 e. The molecule has 0 amide bonds. The van der Waals surface area contributed by atoms with E-state index in [4.69, 9.17) is 15.4 Å². The molecule has 1 atom stereocenters. The normalized spacial score (nSPS) is 26.1. The van der Waals surface area contributed by atoms with Crippen LogP contribution in [-0.4, -0.2) is 29.9 Å². The summed E-state index contributed by atoms with van der Waals surface area (Å²) in [5.41, 5.74) is 0.0808. The summed E-state index contributed by atoms with van der Waals surface area (Å²) in [7, 11) is 1.60. The second-order valence-electron chi connectivity index (χ2n) is 5.86. The SMILES string of the molecule is O=S(=O)(Cl)c1cnn(CC2CCC3(CCCCC3)O2)c1. The third kappa shape index (κ3) is 3.02.